The van der Waals surface area contributed by atoms with Crippen LogP contribution < -0.4 is 4.74 Å². The van der Waals surface area contributed by atoms with Crippen LogP contribution in [-0.2, 0) is 4.79 Å². The summed E-state index contributed by atoms with van der Waals surface area (Å²) in [5.74, 6) is 0.629. The molecule has 1 N–H and O–H groups in total. The lowest BCUT2D eigenvalue weighted by Gasteiger charge is -2.22. The van der Waals surface area contributed by atoms with Gasteiger partial charge in [0.15, 0.2) is 0 Å². The minimum absolute atomic E-state index is 0.161. The van der Waals surface area contributed by atoms with E-state index >= 15 is 0 Å². The standard InChI is InChI=1S/C17H23ClO3/c1-5-11(7-12-8-13(12)17(19)20)15-10(3)16(18)9(2)6-14(15)21-4/h6,11-13H,5,7-8H2,1-4H3,(H,19,20). The molecule has 1 aliphatic rings. The van der Waals surface area contributed by atoms with Crippen LogP contribution in [-0.4, -0.2) is 18.2 Å². The molecule has 0 amide bonds. The number of aryl methyl sites for hydroxylation is 1. The molecular formula is C17H23ClO3. The number of halogens is 1. The molecule has 1 aromatic carbocycles. The largest absolute Gasteiger partial charge is 0.496 e. The van der Waals surface area contributed by atoms with Crippen molar-refractivity contribution in [2.45, 2.75) is 46.0 Å². The molecule has 1 aliphatic carbocycles. The van der Waals surface area contributed by atoms with Crippen LogP contribution in [0.3, 0.4) is 0 Å². The lowest BCUT2D eigenvalue weighted by atomic mass is 9.86. The third-order valence-corrected chi connectivity index (χ3v) is 5.22. The highest BCUT2D eigenvalue weighted by atomic mass is 35.5. The Balaban J connectivity index is 2.30. The maximum atomic E-state index is 11.0. The molecule has 1 aromatic rings. The van der Waals surface area contributed by atoms with Crippen LogP contribution in [0.15, 0.2) is 6.07 Å². The van der Waals surface area contributed by atoms with Crippen molar-refractivity contribution in [2.75, 3.05) is 7.11 Å². The van der Waals surface area contributed by atoms with Gasteiger partial charge in [-0.2, -0.15) is 0 Å². The summed E-state index contributed by atoms with van der Waals surface area (Å²) in [6.45, 7) is 6.14. The van der Waals surface area contributed by atoms with E-state index in [1.165, 1.54) is 0 Å². The fourth-order valence-corrected chi connectivity index (χ4v) is 3.43. The number of carboxylic acid groups (broad SMARTS) is 1. The van der Waals surface area contributed by atoms with Gasteiger partial charge in [-0.05, 0) is 62.1 Å². The molecule has 0 spiro atoms. The van der Waals surface area contributed by atoms with E-state index in [2.05, 4.69) is 6.92 Å². The molecule has 21 heavy (non-hydrogen) atoms. The van der Waals surface area contributed by atoms with Crippen molar-refractivity contribution in [2.24, 2.45) is 11.8 Å². The highest BCUT2D eigenvalue weighted by Gasteiger charge is 2.44. The van der Waals surface area contributed by atoms with E-state index in [1.807, 2.05) is 19.9 Å². The number of hydrogen-bond acceptors (Lipinski definition) is 2. The Morgan fingerprint density at radius 1 is 1.52 bits per heavy atom. The molecule has 1 fully saturated rings. The van der Waals surface area contributed by atoms with Crippen LogP contribution in [0.25, 0.3) is 0 Å². The summed E-state index contributed by atoms with van der Waals surface area (Å²) in [4.78, 5) is 11.0. The second-order valence-electron chi connectivity index (χ2n) is 6.03. The summed E-state index contributed by atoms with van der Waals surface area (Å²) in [6, 6.07) is 1.98. The number of methoxy groups -OCH3 is 1. The van der Waals surface area contributed by atoms with Gasteiger partial charge in [0.05, 0.1) is 13.0 Å². The van der Waals surface area contributed by atoms with Gasteiger partial charge in [0.1, 0.15) is 5.75 Å². The van der Waals surface area contributed by atoms with E-state index in [0.717, 1.165) is 46.7 Å². The van der Waals surface area contributed by atoms with Crippen molar-refractivity contribution in [3.63, 3.8) is 0 Å². The lowest BCUT2D eigenvalue weighted by Crippen LogP contribution is -2.08. The smallest absolute Gasteiger partial charge is 0.306 e. The quantitative estimate of drug-likeness (QED) is 0.837. The SMILES string of the molecule is CCC(CC1CC1C(=O)O)c1c(OC)cc(C)c(Cl)c1C. The zero-order valence-corrected chi connectivity index (χ0v) is 13.8. The Bertz CT molecular complexity index is 553. The number of ether oxygens (including phenoxy) is 1. The second kappa shape index (κ2) is 6.27. The minimum Gasteiger partial charge on any atom is -0.496 e. The molecule has 3 atom stereocenters. The maximum Gasteiger partial charge on any atom is 0.306 e. The highest BCUT2D eigenvalue weighted by Crippen LogP contribution is 2.48. The van der Waals surface area contributed by atoms with Crippen LogP contribution in [0.4, 0.5) is 0 Å². The number of rotatable bonds is 6. The van der Waals surface area contributed by atoms with Crippen LogP contribution in [0.5, 0.6) is 5.75 Å². The van der Waals surface area contributed by atoms with Crippen molar-refractivity contribution < 1.29 is 14.6 Å². The average molecular weight is 311 g/mol. The van der Waals surface area contributed by atoms with Crippen molar-refractivity contribution >= 4 is 17.6 Å². The predicted octanol–water partition coefficient (Wildman–Crippen LogP) is 4.57. The molecule has 4 heteroatoms. The Morgan fingerprint density at radius 3 is 2.67 bits per heavy atom. The molecular weight excluding hydrogens is 288 g/mol. The van der Waals surface area contributed by atoms with E-state index in [0.29, 0.717) is 5.92 Å². The summed E-state index contributed by atoms with van der Waals surface area (Å²) in [6.07, 6.45) is 2.65. The predicted molar refractivity (Wildman–Crippen MR) is 84.4 cm³/mol. The number of carbonyl (C=O) groups is 1. The third-order valence-electron chi connectivity index (χ3n) is 4.64. The molecule has 0 bridgehead atoms. The molecule has 1 saturated carbocycles. The molecule has 116 valence electrons. The van der Waals surface area contributed by atoms with Gasteiger partial charge < -0.3 is 9.84 Å². The molecule has 0 radical (unpaired) electrons. The number of aliphatic carboxylic acids is 1. The van der Waals surface area contributed by atoms with Gasteiger partial charge in [-0.3, -0.25) is 4.79 Å². The van der Waals surface area contributed by atoms with Crippen LogP contribution in [0.2, 0.25) is 5.02 Å². The molecule has 0 aliphatic heterocycles. The Labute approximate surface area is 131 Å². The normalized spacial score (nSPS) is 22.0. The van der Waals surface area contributed by atoms with E-state index in [4.69, 9.17) is 21.4 Å². The molecule has 0 aromatic heterocycles. The first-order valence-corrected chi connectivity index (χ1v) is 7.84. The van der Waals surface area contributed by atoms with E-state index < -0.39 is 5.97 Å². The lowest BCUT2D eigenvalue weighted by molar-refractivity contribution is -0.138. The molecule has 2 rings (SSSR count). The summed E-state index contributed by atoms with van der Waals surface area (Å²) >= 11 is 6.39. The first kappa shape index (κ1) is 16.2. The van der Waals surface area contributed by atoms with Gasteiger partial charge in [0.25, 0.3) is 0 Å². The fourth-order valence-electron chi connectivity index (χ4n) is 3.28. The van der Waals surface area contributed by atoms with Gasteiger partial charge >= 0.3 is 5.97 Å². The summed E-state index contributed by atoms with van der Waals surface area (Å²) < 4.78 is 5.55. The first-order chi connectivity index (χ1) is 9.90. The van der Waals surface area contributed by atoms with E-state index in [1.54, 1.807) is 7.11 Å². The van der Waals surface area contributed by atoms with Crippen LogP contribution in [0, 0.1) is 25.7 Å². The summed E-state index contributed by atoms with van der Waals surface area (Å²) in [5, 5.41) is 9.86. The molecule has 0 heterocycles. The summed E-state index contributed by atoms with van der Waals surface area (Å²) in [7, 11) is 1.68. The third kappa shape index (κ3) is 3.18. The Morgan fingerprint density at radius 2 is 2.19 bits per heavy atom. The van der Waals surface area contributed by atoms with Gasteiger partial charge in [-0.1, -0.05) is 18.5 Å². The second-order valence-corrected chi connectivity index (χ2v) is 6.41. The maximum absolute atomic E-state index is 11.0. The number of benzene rings is 1. The molecule has 3 nitrogen and oxygen atoms in total. The van der Waals surface area contributed by atoms with Crippen molar-refractivity contribution in [3.8, 4) is 5.75 Å². The van der Waals surface area contributed by atoms with Crippen molar-refractivity contribution in [3.05, 3.63) is 27.8 Å². The van der Waals surface area contributed by atoms with Gasteiger partial charge in [-0.15, -0.1) is 0 Å². The first-order valence-electron chi connectivity index (χ1n) is 7.47. The van der Waals surface area contributed by atoms with E-state index in [9.17, 15) is 4.79 Å². The van der Waals surface area contributed by atoms with Crippen molar-refractivity contribution in [1.29, 1.82) is 0 Å². The monoisotopic (exact) mass is 310 g/mol. The minimum atomic E-state index is -0.666. The average Bonchev–Trinajstić information content (AvgIpc) is 3.22. The molecule has 0 saturated heterocycles. The van der Waals surface area contributed by atoms with E-state index in [-0.39, 0.29) is 11.8 Å². The van der Waals surface area contributed by atoms with Crippen LogP contribution >= 0.6 is 11.6 Å². The van der Waals surface area contributed by atoms with Crippen molar-refractivity contribution in [1.82, 2.24) is 0 Å². The highest BCUT2D eigenvalue weighted by molar-refractivity contribution is 6.32. The zero-order chi connectivity index (χ0) is 15.7. The van der Waals surface area contributed by atoms with Gasteiger partial charge in [0.2, 0.25) is 0 Å². The topological polar surface area (TPSA) is 46.5 Å². The fraction of sp³-hybridized carbons (Fsp3) is 0.588. The van der Waals surface area contributed by atoms with Gasteiger partial charge in [0, 0.05) is 10.6 Å². The number of hydrogen-bond donors (Lipinski definition) is 1. The number of carboxylic acids is 1. The Kier molecular flexibility index (Phi) is 4.82. The van der Waals surface area contributed by atoms with Crippen LogP contribution in [0.1, 0.15) is 48.8 Å². The summed E-state index contributed by atoms with van der Waals surface area (Å²) in [5.41, 5.74) is 3.22. The molecule has 3 unspecified atom stereocenters. The zero-order valence-electron chi connectivity index (χ0n) is 13.1. The van der Waals surface area contributed by atoms with Gasteiger partial charge in [-0.25, -0.2) is 0 Å². The Hall–Kier alpha value is -1.22.